The van der Waals surface area contributed by atoms with Crippen molar-refractivity contribution in [3.05, 3.63) is 52.3 Å². The fourth-order valence-corrected chi connectivity index (χ4v) is 2.91. The smallest absolute Gasteiger partial charge is 0.127 e. The van der Waals surface area contributed by atoms with Gasteiger partial charge < -0.3 is 10.5 Å². The van der Waals surface area contributed by atoms with Crippen LogP contribution in [0, 0.1) is 6.92 Å². The second-order valence-electron chi connectivity index (χ2n) is 5.51. The summed E-state index contributed by atoms with van der Waals surface area (Å²) in [6, 6.07) is 8.07. The number of nitrogens with two attached hydrogens (primary N) is 1. The van der Waals surface area contributed by atoms with E-state index in [-0.39, 0.29) is 6.04 Å². The number of benzene rings is 1. The highest BCUT2D eigenvalue weighted by atomic mass is 16.5. The van der Waals surface area contributed by atoms with Crippen molar-refractivity contribution in [2.45, 2.75) is 39.2 Å². The van der Waals surface area contributed by atoms with Crippen LogP contribution in [-0.2, 0) is 12.8 Å². The highest BCUT2D eigenvalue weighted by Gasteiger charge is 2.22. The first kappa shape index (κ1) is 14.0. The van der Waals surface area contributed by atoms with Crippen LogP contribution in [0.3, 0.4) is 0 Å². The fourth-order valence-electron chi connectivity index (χ4n) is 2.91. The van der Waals surface area contributed by atoms with Crippen molar-refractivity contribution in [1.82, 2.24) is 10.2 Å². The largest absolute Gasteiger partial charge is 0.493 e. The Morgan fingerprint density at radius 3 is 2.95 bits per heavy atom. The van der Waals surface area contributed by atoms with Gasteiger partial charge in [0.15, 0.2) is 0 Å². The topological polar surface area (TPSA) is 61.0 Å². The lowest BCUT2D eigenvalue weighted by molar-refractivity contribution is 0.284. The second kappa shape index (κ2) is 5.82. The SMILES string of the molecule is CCc1nnc(C)cc1C(N)c1cccc2c1OCCC2. The summed E-state index contributed by atoms with van der Waals surface area (Å²) in [5.74, 6) is 0.966. The van der Waals surface area contributed by atoms with Crippen LogP contribution < -0.4 is 10.5 Å². The lowest BCUT2D eigenvalue weighted by atomic mass is 9.93. The molecule has 0 bridgehead atoms. The summed E-state index contributed by atoms with van der Waals surface area (Å²) >= 11 is 0. The molecule has 0 spiro atoms. The van der Waals surface area contributed by atoms with E-state index < -0.39 is 0 Å². The molecule has 0 radical (unpaired) electrons. The fraction of sp³-hybridized carbons (Fsp3) is 0.412. The molecule has 1 unspecified atom stereocenters. The van der Waals surface area contributed by atoms with Gasteiger partial charge in [0, 0.05) is 5.56 Å². The van der Waals surface area contributed by atoms with Gasteiger partial charge in [-0.1, -0.05) is 25.1 Å². The molecule has 21 heavy (non-hydrogen) atoms. The minimum atomic E-state index is -0.220. The molecular formula is C17H21N3O. The molecule has 1 aromatic carbocycles. The molecule has 1 aliphatic heterocycles. The number of ether oxygens (including phenoxy) is 1. The third-order valence-corrected chi connectivity index (χ3v) is 3.99. The molecule has 1 aliphatic rings. The predicted octanol–water partition coefficient (Wildman–Crippen LogP) is 2.72. The number of aryl methyl sites for hydroxylation is 3. The second-order valence-corrected chi connectivity index (χ2v) is 5.51. The van der Waals surface area contributed by atoms with E-state index in [0.717, 1.165) is 54.1 Å². The van der Waals surface area contributed by atoms with Crippen LogP contribution in [-0.4, -0.2) is 16.8 Å². The van der Waals surface area contributed by atoms with Crippen LogP contribution in [0.1, 0.15) is 47.5 Å². The highest BCUT2D eigenvalue weighted by Crippen LogP contribution is 2.35. The van der Waals surface area contributed by atoms with E-state index >= 15 is 0 Å². The van der Waals surface area contributed by atoms with Gasteiger partial charge in [-0.2, -0.15) is 10.2 Å². The third kappa shape index (κ3) is 2.63. The summed E-state index contributed by atoms with van der Waals surface area (Å²) in [6.07, 6.45) is 2.96. The number of nitrogens with zero attached hydrogens (tertiary/aromatic N) is 2. The Kier molecular flexibility index (Phi) is 3.88. The average Bonchev–Trinajstić information content (AvgIpc) is 2.53. The van der Waals surface area contributed by atoms with Gasteiger partial charge in [-0.15, -0.1) is 0 Å². The number of aromatic nitrogens is 2. The highest BCUT2D eigenvalue weighted by molar-refractivity contribution is 5.48. The Balaban J connectivity index is 2.07. The van der Waals surface area contributed by atoms with Crippen LogP contribution in [0.15, 0.2) is 24.3 Å². The van der Waals surface area contributed by atoms with E-state index in [0.29, 0.717) is 0 Å². The quantitative estimate of drug-likeness (QED) is 0.941. The van der Waals surface area contributed by atoms with Crippen LogP contribution in [0.4, 0.5) is 0 Å². The maximum Gasteiger partial charge on any atom is 0.127 e. The number of fused-ring (bicyclic) bond motifs is 1. The Bertz CT molecular complexity index is 654. The van der Waals surface area contributed by atoms with Crippen molar-refractivity contribution in [3.8, 4) is 5.75 Å². The van der Waals surface area contributed by atoms with Gasteiger partial charge >= 0.3 is 0 Å². The van der Waals surface area contributed by atoms with Gasteiger partial charge in [0.05, 0.1) is 24.0 Å². The van der Waals surface area contributed by atoms with Gasteiger partial charge in [0.2, 0.25) is 0 Å². The van der Waals surface area contributed by atoms with Gasteiger partial charge in [-0.05, 0) is 43.4 Å². The average molecular weight is 283 g/mol. The number of para-hydroxylation sites is 1. The van der Waals surface area contributed by atoms with Gasteiger partial charge in [-0.25, -0.2) is 0 Å². The summed E-state index contributed by atoms with van der Waals surface area (Å²) in [4.78, 5) is 0. The first-order valence-corrected chi connectivity index (χ1v) is 7.54. The maximum absolute atomic E-state index is 6.54. The zero-order chi connectivity index (χ0) is 14.8. The molecule has 1 aromatic heterocycles. The van der Waals surface area contributed by atoms with Gasteiger partial charge in [0.1, 0.15) is 5.75 Å². The summed E-state index contributed by atoms with van der Waals surface area (Å²) in [7, 11) is 0. The van der Waals surface area contributed by atoms with Crippen LogP contribution in [0.2, 0.25) is 0 Å². The summed E-state index contributed by atoms with van der Waals surface area (Å²) < 4.78 is 5.88. The zero-order valence-corrected chi connectivity index (χ0v) is 12.6. The van der Waals surface area contributed by atoms with Crippen molar-refractivity contribution >= 4 is 0 Å². The molecule has 2 heterocycles. The van der Waals surface area contributed by atoms with Gasteiger partial charge in [-0.3, -0.25) is 0 Å². The number of rotatable bonds is 3. The van der Waals surface area contributed by atoms with Crippen LogP contribution in [0.25, 0.3) is 0 Å². The molecular weight excluding hydrogens is 262 g/mol. The Morgan fingerprint density at radius 1 is 1.29 bits per heavy atom. The molecule has 110 valence electrons. The van der Waals surface area contributed by atoms with Crippen molar-refractivity contribution in [2.75, 3.05) is 6.61 Å². The Morgan fingerprint density at radius 2 is 2.14 bits per heavy atom. The lowest BCUT2D eigenvalue weighted by Gasteiger charge is -2.24. The lowest BCUT2D eigenvalue weighted by Crippen LogP contribution is -2.19. The summed E-state index contributed by atoms with van der Waals surface area (Å²) in [6.45, 7) is 4.79. The van der Waals surface area contributed by atoms with Crippen molar-refractivity contribution in [2.24, 2.45) is 5.73 Å². The molecule has 3 rings (SSSR count). The molecule has 0 aliphatic carbocycles. The van der Waals surface area contributed by atoms with E-state index in [1.807, 2.05) is 13.0 Å². The molecule has 1 atom stereocenters. The molecule has 2 N–H and O–H groups in total. The summed E-state index contributed by atoms with van der Waals surface area (Å²) in [5.41, 5.74) is 11.7. The minimum Gasteiger partial charge on any atom is -0.493 e. The van der Waals surface area contributed by atoms with E-state index in [1.165, 1.54) is 5.56 Å². The first-order valence-electron chi connectivity index (χ1n) is 7.54. The summed E-state index contributed by atoms with van der Waals surface area (Å²) in [5, 5.41) is 8.42. The van der Waals surface area contributed by atoms with E-state index in [9.17, 15) is 0 Å². The number of hydrogen-bond acceptors (Lipinski definition) is 4. The zero-order valence-electron chi connectivity index (χ0n) is 12.6. The number of hydrogen-bond donors (Lipinski definition) is 1. The standard InChI is InChI=1S/C17H21N3O/c1-3-15-14(10-11(2)19-20-15)16(18)13-8-4-6-12-7-5-9-21-17(12)13/h4,6,8,10,16H,3,5,7,9,18H2,1-2H3. The minimum absolute atomic E-state index is 0.220. The monoisotopic (exact) mass is 283 g/mol. The third-order valence-electron chi connectivity index (χ3n) is 3.99. The van der Waals surface area contributed by atoms with Crippen molar-refractivity contribution in [1.29, 1.82) is 0 Å². The van der Waals surface area contributed by atoms with Crippen LogP contribution >= 0.6 is 0 Å². The van der Waals surface area contributed by atoms with E-state index in [2.05, 4.69) is 35.3 Å². The Hall–Kier alpha value is -1.94. The normalized spacial score (nSPS) is 15.2. The molecule has 0 saturated heterocycles. The van der Waals surface area contributed by atoms with Crippen molar-refractivity contribution < 1.29 is 4.74 Å². The maximum atomic E-state index is 6.54. The molecule has 0 fully saturated rings. The van der Waals surface area contributed by atoms with Crippen LogP contribution in [0.5, 0.6) is 5.75 Å². The molecule has 4 nitrogen and oxygen atoms in total. The molecule has 4 heteroatoms. The first-order chi connectivity index (χ1) is 10.2. The van der Waals surface area contributed by atoms with Crippen molar-refractivity contribution in [3.63, 3.8) is 0 Å². The molecule has 2 aromatic rings. The molecule has 0 amide bonds. The van der Waals surface area contributed by atoms with E-state index in [1.54, 1.807) is 0 Å². The Labute approximate surface area is 125 Å². The van der Waals surface area contributed by atoms with Gasteiger partial charge in [0.25, 0.3) is 0 Å². The van der Waals surface area contributed by atoms with E-state index in [4.69, 9.17) is 10.5 Å². The molecule has 0 saturated carbocycles. The predicted molar refractivity (Wildman–Crippen MR) is 82.4 cm³/mol.